The van der Waals surface area contributed by atoms with Crippen LogP contribution in [0.2, 0.25) is 0 Å². The molecular weight excluding hydrogens is 372 g/mol. The molecule has 0 aromatic heterocycles. The van der Waals surface area contributed by atoms with Gasteiger partial charge in [0.25, 0.3) is 0 Å². The molecule has 9 nitrogen and oxygen atoms in total. The molecule has 0 spiro atoms. The first-order valence-corrected chi connectivity index (χ1v) is 8.84. The van der Waals surface area contributed by atoms with E-state index in [4.69, 9.17) is 28.4 Å². The second-order valence-electron chi connectivity index (χ2n) is 6.48. The molecule has 2 saturated heterocycles. The van der Waals surface area contributed by atoms with Crippen LogP contribution in [0.15, 0.2) is 30.3 Å². The van der Waals surface area contributed by atoms with Crippen LogP contribution in [-0.2, 0) is 42.8 Å². The van der Waals surface area contributed by atoms with Crippen LogP contribution < -0.4 is 0 Å². The topological polar surface area (TPSA) is 107 Å². The van der Waals surface area contributed by atoms with E-state index in [9.17, 15) is 14.4 Å². The molecular formula is C19H22O9. The Balaban J connectivity index is 1.88. The van der Waals surface area contributed by atoms with Gasteiger partial charge in [-0.3, -0.25) is 14.4 Å². The Bertz CT molecular complexity index is 719. The largest absolute Gasteiger partial charge is 0.455 e. The molecule has 0 aliphatic carbocycles. The Labute approximate surface area is 161 Å². The first-order valence-electron chi connectivity index (χ1n) is 8.84. The second kappa shape index (κ2) is 8.68. The molecule has 0 N–H and O–H groups in total. The van der Waals surface area contributed by atoms with Gasteiger partial charge in [-0.2, -0.15) is 0 Å². The number of carbonyl (C=O) groups excluding carboxylic acids is 3. The van der Waals surface area contributed by atoms with Crippen molar-refractivity contribution >= 4 is 17.9 Å². The van der Waals surface area contributed by atoms with Gasteiger partial charge in [-0.15, -0.1) is 0 Å². The third kappa shape index (κ3) is 4.67. The SMILES string of the molecule is CC(=O)O[C@@H]1O[C@@H]2COC(c3ccccc3)O[C@@H]2[C@H](OC(C)=O)[C@H]1OC(C)=O. The van der Waals surface area contributed by atoms with Crippen molar-refractivity contribution in [2.75, 3.05) is 6.61 Å². The number of rotatable bonds is 4. The smallest absolute Gasteiger partial charge is 0.305 e. The summed E-state index contributed by atoms with van der Waals surface area (Å²) >= 11 is 0. The van der Waals surface area contributed by atoms with E-state index in [2.05, 4.69) is 0 Å². The molecule has 2 aliphatic heterocycles. The highest BCUT2D eigenvalue weighted by molar-refractivity contribution is 5.68. The number of carbonyl (C=O) groups is 3. The Morgan fingerprint density at radius 3 is 2.07 bits per heavy atom. The lowest BCUT2D eigenvalue weighted by Crippen LogP contribution is -2.64. The molecule has 28 heavy (non-hydrogen) atoms. The Morgan fingerprint density at radius 1 is 0.857 bits per heavy atom. The summed E-state index contributed by atoms with van der Waals surface area (Å²) in [5.74, 6) is -1.88. The van der Waals surface area contributed by atoms with Crippen molar-refractivity contribution in [3.8, 4) is 0 Å². The lowest BCUT2D eigenvalue weighted by atomic mass is 9.97. The number of hydrogen-bond acceptors (Lipinski definition) is 9. The van der Waals surface area contributed by atoms with Gasteiger partial charge in [-0.25, -0.2) is 0 Å². The molecule has 2 fully saturated rings. The summed E-state index contributed by atoms with van der Waals surface area (Å²) in [6.07, 6.45) is -5.68. The Kier molecular flexibility index (Phi) is 6.28. The average Bonchev–Trinajstić information content (AvgIpc) is 2.64. The Hall–Kier alpha value is -2.49. The van der Waals surface area contributed by atoms with Crippen LogP contribution in [0, 0.1) is 0 Å². The zero-order valence-corrected chi connectivity index (χ0v) is 15.7. The van der Waals surface area contributed by atoms with Crippen LogP contribution in [0.5, 0.6) is 0 Å². The van der Waals surface area contributed by atoms with E-state index in [1.165, 1.54) is 20.8 Å². The van der Waals surface area contributed by atoms with Crippen molar-refractivity contribution in [2.45, 2.75) is 57.8 Å². The molecule has 0 radical (unpaired) electrons. The molecule has 0 saturated carbocycles. The third-order valence-corrected chi connectivity index (χ3v) is 4.24. The highest BCUT2D eigenvalue weighted by Gasteiger charge is 2.54. The highest BCUT2D eigenvalue weighted by Crippen LogP contribution is 2.36. The van der Waals surface area contributed by atoms with Crippen LogP contribution in [0.3, 0.4) is 0 Å². The van der Waals surface area contributed by atoms with Gasteiger partial charge in [0.2, 0.25) is 12.4 Å². The lowest BCUT2D eigenvalue weighted by molar-refractivity contribution is -0.356. The molecule has 2 heterocycles. The average molecular weight is 394 g/mol. The molecule has 2 aliphatic rings. The van der Waals surface area contributed by atoms with E-state index in [1.807, 2.05) is 30.3 Å². The quantitative estimate of drug-likeness (QED) is 0.551. The van der Waals surface area contributed by atoms with Crippen molar-refractivity contribution in [1.82, 2.24) is 0 Å². The van der Waals surface area contributed by atoms with Gasteiger partial charge in [0.15, 0.2) is 12.4 Å². The number of esters is 3. The fraction of sp³-hybridized carbons (Fsp3) is 0.526. The van der Waals surface area contributed by atoms with Gasteiger partial charge < -0.3 is 28.4 Å². The van der Waals surface area contributed by atoms with Gasteiger partial charge in [-0.05, 0) is 0 Å². The van der Waals surface area contributed by atoms with E-state index in [1.54, 1.807) is 0 Å². The summed E-state index contributed by atoms with van der Waals surface area (Å²) in [7, 11) is 0. The van der Waals surface area contributed by atoms with Crippen molar-refractivity contribution in [3.05, 3.63) is 35.9 Å². The van der Waals surface area contributed by atoms with Crippen molar-refractivity contribution in [1.29, 1.82) is 0 Å². The van der Waals surface area contributed by atoms with Crippen LogP contribution in [-0.4, -0.2) is 55.2 Å². The van der Waals surface area contributed by atoms with Gasteiger partial charge in [0.1, 0.15) is 12.2 Å². The molecule has 6 atom stereocenters. The molecule has 0 amide bonds. The van der Waals surface area contributed by atoms with Gasteiger partial charge in [0, 0.05) is 26.3 Å². The predicted molar refractivity (Wildman–Crippen MR) is 91.5 cm³/mol. The molecule has 3 rings (SSSR count). The number of ether oxygens (including phenoxy) is 6. The van der Waals surface area contributed by atoms with Gasteiger partial charge in [-0.1, -0.05) is 30.3 Å². The standard InChI is InChI=1S/C19H22O9/c1-10(20)24-16-15-14(9-23-18(28-15)13-7-5-4-6-8-13)27-19(26-12(3)22)17(16)25-11(2)21/h4-8,14-19H,9H2,1-3H3/t14-,15+,16+,17-,18?,19-/m1/s1. The minimum Gasteiger partial charge on any atom is -0.455 e. The molecule has 1 aromatic rings. The summed E-state index contributed by atoms with van der Waals surface area (Å²) in [6.45, 7) is 3.72. The van der Waals surface area contributed by atoms with E-state index < -0.39 is 54.9 Å². The Morgan fingerprint density at radius 2 is 1.46 bits per heavy atom. The monoisotopic (exact) mass is 394 g/mol. The maximum absolute atomic E-state index is 11.7. The van der Waals surface area contributed by atoms with E-state index in [-0.39, 0.29) is 6.61 Å². The minimum absolute atomic E-state index is 0.104. The van der Waals surface area contributed by atoms with E-state index >= 15 is 0 Å². The maximum Gasteiger partial charge on any atom is 0.305 e. The van der Waals surface area contributed by atoms with Crippen LogP contribution in [0.1, 0.15) is 32.6 Å². The fourth-order valence-corrected chi connectivity index (χ4v) is 3.23. The zero-order valence-electron chi connectivity index (χ0n) is 15.7. The molecule has 1 unspecified atom stereocenters. The highest BCUT2D eigenvalue weighted by atomic mass is 16.8. The maximum atomic E-state index is 11.7. The van der Waals surface area contributed by atoms with Gasteiger partial charge in [0.05, 0.1) is 6.61 Å². The zero-order chi connectivity index (χ0) is 20.3. The summed E-state index contributed by atoms with van der Waals surface area (Å²) in [6, 6.07) is 9.21. The van der Waals surface area contributed by atoms with Crippen LogP contribution in [0.4, 0.5) is 0 Å². The summed E-state index contributed by atoms with van der Waals surface area (Å²) in [5, 5.41) is 0. The number of benzene rings is 1. The predicted octanol–water partition coefficient (Wildman–Crippen LogP) is 1.25. The number of fused-ring (bicyclic) bond motifs is 1. The summed E-state index contributed by atoms with van der Waals surface area (Å²) in [5.41, 5.74) is 0.772. The summed E-state index contributed by atoms with van der Waals surface area (Å²) < 4.78 is 33.3. The van der Waals surface area contributed by atoms with Crippen molar-refractivity contribution in [2.24, 2.45) is 0 Å². The fourth-order valence-electron chi connectivity index (χ4n) is 3.23. The summed E-state index contributed by atoms with van der Waals surface area (Å²) in [4.78, 5) is 34.8. The van der Waals surface area contributed by atoms with Crippen molar-refractivity contribution in [3.63, 3.8) is 0 Å². The molecule has 1 aromatic carbocycles. The van der Waals surface area contributed by atoms with Crippen molar-refractivity contribution < 1.29 is 42.8 Å². The number of hydrogen-bond donors (Lipinski definition) is 0. The first-order chi connectivity index (χ1) is 13.3. The molecule has 9 heteroatoms. The van der Waals surface area contributed by atoms with Crippen LogP contribution in [0.25, 0.3) is 0 Å². The minimum atomic E-state index is -1.26. The second-order valence-corrected chi connectivity index (χ2v) is 6.48. The lowest BCUT2D eigenvalue weighted by Gasteiger charge is -2.47. The molecule has 0 bridgehead atoms. The van der Waals surface area contributed by atoms with E-state index in [0.717, 1.165) is 5.56 Å². The van der Waals surface area contributed by atoms with Gasteiger partial charge >= 0.3 is 17.9 Å². The third-order valence-electron chi connectivity index (χ3n) is 4.24. The first kappa shape index (κ1) is 20.2. The van der Waals surface area contributed by atoms with Crippen LogP contribution >= 0.6 is 0 Å². The molecule has 152 valence electrons. The van der Waals surface area contributed by atoms with E-state index in [0.29, 0.717) is 0 Å². The normalized spacial score (nSPS) is 32.0.